The first-order valence-electron chi connectivity index (χ1n) is 6.24. The molecule has 4 heteroatoms. The zero-order valence-electron chi connectivity index (χ0n) is 10.4. The molecule has 0 bridgehead atoms. The second-order valence-corrected chi connectivity index (χ2v) is 5.32. The van der Waals surface area contributed by atoms with Gasteiger partial charge in [0.1, 0.15) is 0 Å². The Kier molecular flexibility index (Phi) is 5.18. The summed E-state index contributed by atoms with van der Waals surface area (Å²) in [4.78, 5) is 2.43. The number of benzene rings is 1. The lowest BCUT2D eigenvalue weighted by Gasteiger charge is -2.26. The van der Waals surface area contributed by atoms with Crippen molar-refractivity contribution in [3.8, 4) is 6.07 Å². The summed E-state index contributed by atoms with van der Waals surface area (Å²) in [7, 11) is 0. The van der Waals surface area contributed by atoms with E-state index in [1.54, 1.807) is 0 Å². The second kappa shape index (κ2) is 6.89. The van der Waals surface area contributed by atoms with Crippen LogP contribution in [0.2, 0.25) is 0 Å². The first-order valence-corrected chi connectivity index (χ1v) is 7.03. The number of halogens is 1. The number of nitriles is 1. The van der Waals surface area contributed by atoms with Crippen molar-refractivity contribution in [2.75, 3.05) is 32.8 Å². The molecule has 0 saturated carbocycles. The number of hydrogen-bond acceptors (Lipinski definition) is 3. The van der Waals surface area contributed by atoms with E-state index in [0.29, 0.717) is 6.42 Å². The van der Waals surface area contributed by atoms with Crippen LogP contribution in [0.3, 0.4) is 0 Å². The first-order chi connectivity index (χ1) is 8.79. The van der Waals surface area contributed by atoms with Gasteiger partial charge in [0, 0.05) is 24.1 Å². The van der Waals surface area contributed by atoms with Crippen LogP contribution in [0.5, 0.6) is 0 Å². The van der Waals surface area contributed by atoms with Crippen LogP contribution in [0, 0.1) is 11.3 Å². The normalized spacial score (nSPS) is 16.4. The van der Waals surface area contributed by atoms with Crippen molar-refractivity contribution in [1.29, 1.82) is 5.26 Å². The molecule has 0 atom stereocenters. The highest BCUT2D eigenvalue weighted by molar-refractivity contribution is 9.10. The average Bonchev–Trinajstić information content (AvgIpc) is 2.39. The SMILES string of the molecule is N#CCc1ccc(CCN2CCOCC2)c(Br)c1. The highest BCUT2D eigenvalue weighted by atomic mass is 79.9. The van der Waals surface area contributed by atoms with Gasteiger partial charge in [0.25, 0.3) is 0 Å². The van der Waals surface area contributed by atoms with Gasteiger partial charge in [-0.1, -0.05) is 28.1 Å². The van der Waals surface area contributed by atoms with E-state index < -0.39 is 0 Å². The first kappa shape index (κ1) is 13.5. The lowest BCUT2D eigenvalue weighted by molar-refractivity contribution is 0.0384. The van der Waals surface area contributed by atoms with Crippen molar-refractivity contribution in [1.82, 2.24) is 4.90 Å². The molecule has 3 nitrogen and oxygen atoms in total. The molecule has 1 aliphatic heterocycles. The highest BCUT2D eigenvalue weighted by Gasteiger charge is 2.10. The third kappa shape index (κ3) is 3.81. The maximum absolute atomic E-state index is 8.67. The molecule has 0 spiro atoms. The van der Waals surface area contributed by atoms with Crippen LogP contribution in [-0.2, 0) is 17.6 Å². The van der Waals surface area contributed by atoms with E-state index in [4.69, 9.17) is 10.00 Å². The van der Waals surface area contributed by atoms with Crippen LogP contribution in [-0.4, -0.2) is 37.7 Å². The second-order valence-electron chi connectivity index (χ2n) is 4.46. The molecule has 1 fully saturated rings. The van der Waals surface area contributed by atoms with Gasteiger partial charge in [0.15, 0.2) is 0 Å². The van der Waals surface area contributed by atoms with Gasteiger partial charge in [-0.2, -0.15) is 5.26 Å². The van der Waals surface area contributed by atoms with Crippen molar-refractivity contribution in [2.24, 2.45) is 0 Å². The summed E-state index contributed by atoms with van der Waals surface area (Å²) < 4.78 is 6.45. The van der Waals surface area contributed by atoms with Crippen LogP contribution in [0.1, 0.15) is 11.1 Å². The summed E-state index contributed by atoms with van der Waals surface area (Å²) in [5.74, 6) is 0. The lowest BCUT2D eigenvalue weighted by atomic mass is 10.1. The fraction of sp³-hybridized carbons (Fsp3) is 0.500. The minimum absolute atomic E-state index is 0.475. The Bertz CT molecular complexity index is 436. The molecule has 1 aromatic rings. The molecule has 18 heavy (non-hydrogen) atoms. The Morgan fingerprint density at radius 3 is 2.78 bits per heavy atom. The predicted molar refractivity (Wildman–Crippen MR) is 74.4 cm³/mol. The van der Waals surface area contributed by atoms with E-state index in [0.717, 1.165) is 49.3 Å². The molecular weight excluding hydrogens is 292 g/mol. The fourth-order valence-corrected chi connectivity index (χ4v) is 2.72. The lowest BCUT2D eigenvalue weighted by Crippen LogP contribution is -2.37. The molecule has 0 radical (unpaired) electrons. The van der Waals surface area contributed by atoms with Crippen molar-refractivity contribution in [3.63, 3.8) is 0 Å². The fourth-order valence-electron chi connectivity index (χ4n) is 2.10. The minimum Gasteiger partial charge on any atom is -0.379 e. The molecule has 0 N–H and O–H groups in total. The van der Waals surface area contributed by atoms with Gasteiger partial charge in [0.05, 0.1) is 25.7 Å². The van der Waals surface area contributed by atoms with Gasteiger partial charge in [-0.3, -0.25) is 4.90 Å². The summed E-state index contributed by atoms with van der Waals surface area (Å²) in [6.45, 7) is 4.83. The molecule has 0 amide bonds. The monoisotopic (exact) mass is 308 g/mol. The van der Waals surface area contributed by atoms with Crippen molar-refractivity contribution < 1.29 is 4.74 Å². The maximum Gasteiger partial charge on any atom is 0.0669 e. The molecule has 1 heterocycles. The molecule has 1 aliphatic rings. The van der Waals surface area contributed by atoms with Gasteiger partial charge < -0.3 is 4.74 Å². The number of ether oxygens (including phenoxy) is 1. The van der Waals surface area contributed by atoms with Crippen molar-refractivity contribution in [2.45, 2.75) is 12.8 Å². The highest BCUT2D eigenvalue weighted by Crippen LogP contribution is 2.20. The summed E-state index contributed by atoms with van der Waals surface area (Å²) in [6, 6.07) is 8.39. The van der Waals surface area contributed by atoms with Crippen LogP contribution < -0.4 is 0 Å². The van der Waals surface area contributed by atoms with Crippen molar-refractivity contribution >= 4 is 15.9 Å². The standard InChI is InChI=1S/C14H17BrN2O/c15-14-11-12(3-5-16)1-2-13(14)4-6-17-7-9-18-10-8-17/h1-2,11H,3-4,6-10H2. The molecule has 2 rings (SSSR count). The van der Waals surface area contributed by atoms with E-state index in [9.17, 15) is 0 Å². The number of morpholine rings is 1. The quantitative estimate of drug-likeness (QED) is 0.857. The molecule has 0 aliphatic carbocycles. The molecule has 96 valence electrons. The van der Waals surface area contributed by atoms with Crippen LogP contribution >= 0.6 is 15.9 Å². The summed E-state index contributed by atoms with van der Waals surface area (Å²) in [5, 5.41) is 8.67. The molecular formula is C14H17BrN2O. The zero-order valence-corrected chi connectivity index (χ0v) is 11.9. The molecule has 1 aromatic carbocycles. The van der Waals surface area contributed by atoms with Crippen LogP contribution in [0.4, 0.5) is 0 Å². The van der Waals surface area contributed by atoms with Crippen LogP contribution in [0.25, 0.3) is 0 Å². The molecule has 0 aromatic heterocycles. The van der Waals surface area contributed by atoms with Gasteiger partial charge in [-0.05, 0) is 23.6 Å². The molecule has 1 saturated heterocycles. The maximum atomic E-state index is 8.67. The topological polar surface area (TPSA) is 36.3 Å². The van der Waals surface area contributed by atoms with E-state index in [-0.39, 0.29) is 0 Å². The smallest absolute Gasteiger partial charge is 0.0669 e. The Labute approximate surface area is 116 Å². The Hall–Kier alpha value is -0.890. The van der Waals surface area contributed by atoms with E-state index in [2.05, 4.69) is 39.0 Å². The van der Waals surface area contributed by atoms with Gasteiger partial charge in [0.2, 0.25) is 0 Å². The third-order valence-corrected chi connectivity index (χ3v) is 3.94. The Balaban J connectivity index is 1.90. The zero-order chi connectivity index (χ0) is 12.8. The molecule has 0 unspecified atom stereocenters. The van der Waals surface area contributed by atoms with Gasteiger partial charge in [-0.25, -0.2) is 0 Å². The van der Waals surface area contributed by atoms with Gasteiger partial charge in [-0.15, -0.1) is 0 Å². The summed E-state index contributed by atoms with van der Waals surface area (Å²) in [6.07, 6.45) is 1.51. The van der Waals surface area contributed by atoms with E-state index in [1.807, 2.05) is 6.07 Å². The van der Waals surface area contributed by atoms with Crippen molar-refractivity contribution in [3.05, 3.63) is 33.8 Å². The average molecular weight is 309 g/mol. The Morgan fingerprint density at radius 2 is 2.11 bits per heavy atom. The minimum atomic E-state index is 0.475. The Morgan fingerprint density at radius 1 is 1.33 bits per heavy atom. The number of hydrogen-bond donors (Lipinski definition) is 0. The van der Waals surface area contributed by atoms with Crippen LogP contribution in [0.15, 0.2) is 22.7 Å². The number of nitrogens with zero attached hydrogens (tertiary/aromatic N) is 2. The largest absolute Gasteiger partial charge is 0.379 e. The van der Waals surface area contributed by atoms with E-state index in [1.165, 1.54) is 5.56 Å². The number of rotatable bonds is 4. The summed E-state index contributed by atoms with van der Waals surface area (Å²) in [5.41, 5.74) is 2.38. The summed E-state index contributed by atoms with van der Waals surface area (Å²) >= 11 is 3.59. The predicted octanol–water partition coefficient (Wildman–Crippen LogP) is 2.39. The van der Waals surface area contributed by atoms with Gasteiger partial charge >= 0.3 is 0 Å². The third-order valence-electron chi connectivity index (χ3n) is 3.20. The van der Waals surface area contributed by atoms with E-state index >= 15 is 0 Å².